The van der Waals surface area contributed by atoms with Crippen LogP contribution in [0.3, 0.4) is 0 Å². The molecule has 0 radical (unpaired) electrons. The second kappa shape index (κ2) is 10.7. The minimum absolute atomic E-state index is 0.173. The third-order valence-corrected chi connectivity index (χ3v) is 1.86. The number of hydrazine groups is 1. The van der Waals surface area contributed by atoms with Gasteiger partial charge >= 0.3 is 0 Å². The van der Waals surface area contributed by atoms with Crippen molar-refractivity contribution in [3.63, 3.8) is 0 Å². The van der Waals surface area contributed by atoms with Crippen molar-refractivity contribution in [3.8, 4) is 0 Å². The quantitative estimate of drug-likeness (QED) is 0.178. The van der Waals surface area contributed by atoms with Crippen molar-refractivity contribution < 1.29 is 9.47 Å². The van der Waals surface area contributed by atoms with E-state index in [-0.39, 0.29) is 6.04 Å². The van der Waals surface area contributed by atoms with Gasteiger partial charge in [-0.05, 0) is 20.3 Å². The fourth-order valence-corrected chi connectivity index (χ4v) is 1.16. The van der Waals surface area contributed by atoms with Gasteiger partial charge in [0, 0.05) is 32.9 Å². The van der Waals surface area contributed by atoms with Gasteiger partial charge < -0.3 is 14.8 Å². The monoisotopic (exact) mass is 232 g/mol. The molecule has 0 spiro atoms. The SMILES string of the molecule is CCOCCCN=C(NN)NC(C)COC. The molecule has 4 N–H and O–H groups in total. The average molecular weight is 232 g/mol. The molecule has 0 aliphatic carbocycles. The van der Waals surface area contributed by atoms with Crippen molar-refractivity contribution in [1.29, 1.82) is 0 Å². The molecule has 1 unspecified atom stereocenters. The zero-order chi connectivity index (χ0) is 12.2. The second-order valence-electron chi connectivity index (χ2n) is 3.43. The number of nitrogens with zero attached hydrogens (tertiary/aromatic N) is 1. The lowest BCUT2D eigenvalue weighted by Gasteiger charge is -2.15. The van der Waals surface area contributed by atoms with Crippen LogP contribution >= 0.6 is 0 Å². The first-order chi connectivity index (χ1) is 7.74. The lowest BCUT2D eigenvalue weighted by Crippen LogP contribution is -2.46. The molecule has 0 bridgehead atoms. The zero-order valence-corrected chi connectivity index (χ0v) is 10.5. The molecule has 0 saturated heterocycles. The highest BCUT2D eigenvalue weighted by molar-refractivity contribution is 5.79. The van der Waals surface area contributed by atoms with Gasteiger partial charge in [0.25, 0.3) is 0 Å². The van der Waals surface area contributed by atoms with E-state index in [0.717, 1.165) is 19.6 Å². The van der Waals surface area contributed by atoms with Crippen molar-refractivity contribution in [2.24, 2.45) is 10.8 Å². The molecule has 0 aromatic carbocycles. The Balaban J connectivity index is 3.74. The molecule has 1 atom stereocenters. The Morgan fingerprint density at radius 2 is 2.25 bits per heavy atom. The van der Waals surface area contributed by atoms with Crippen LogP contribution < -0.4 is 16.6 Å². The maximum atomic E-state index is 5.34. The van der Waals surface area contributed by atoms with E-state index < -0.39 is 0 Å². The summed E-state index contributed by atoms with van der Waals surface area (Å²) in [6, 6.07) is 0.173. The van der Waals surface area contributed by atoms with Gasteiger partial charge in [-0.3, -0.25) is 10.4 Å². The van der Waals surface area contributed by atoms with Crippen LogP contribution in [0.2, 0.25) is 0 Å². The van der Waals surface area contributed by atoms with Crippen LogP contribution in [0.4, 0.5) is 0 Å². The largest absolute Gasteiger partial charge is 0.383 e. The number of aliphatic imine (C=N–C) groups is 1. The molecule has 16 heavy (non-hydrogen) atoms. The van der Waals surface area contributed by atoms with Gasteiger partial charge in [0.15, 0.2) is 0 Å². The van der Waals surface area contributed by atoms with Gasteiger partial charge in [-0.2, -0.15) is 0 Å². The molecule has 0 heterocycles. The topological polar surface area (TPSA) is 80.9 Å². The molecule has 6 heteroatoms. The number of hydrogen-bond acceptors (Lipinski definition) is 4. The van der Waals surface area contributed by atoms with Crippen molar-refractivity contribution in [2.75, 3.05) is 33.5 Å². The Kier molecular flexibility index (Phi) is 10.1. The van der Waals surface area contributed by atoms with Gasteiger partial charge in [-0.25, -0.2) is 5.84 Å². The molecule has 0 aliphatic heterocycles. The number of methoxy groups -OCH3 is 1. The smallest absolute Gasteiger partial charge is 0.206 e. The summed E-state index contributed by atoms with van der Waals surface area (Å²) in [4.78, 5) is 4.27. The van der Waals surface area contributed by atoms with E-state index in [1.165, 1.54) is 0 Å². The van der Waals surface area contributed by atoms with E-state index in [0.29, 0.717) is 19.1 Å². The highest BCUT2D eigenvalue weighted by Crippen LogP contribution is 1.86. The van der Waals surface area contributed by atoms with Crippen LogP contribution in [0.1, 0.15) is 20.3 Å². The summed E-state index contributed by atoms with van der Waals surface area (Å²) < 4.78 is 10.2. The van der Waals surface area contributed by atoms with E-state index in [4.69, 9.17) is 15.3 Å². The Labute approximate surface area is 97.6 Å². The lowest BCUT2D eigenvalue weighted by atomic mass is 10.4. The number of rotatable bonds is 8. The van der Waals surface area contributed by atoms with Crippen molar-refractivity contribution in [2.45, 2.75) is 26.3 Å². The van der Waals surface area contributed by atoms with Gasteiger partial charge in [0.05, 0.1) is 6.61 Å². The first-order valence-corrected chi connectivity index (χ1v) is 5.58. The predicted molar refractivity (Wildman–Crippen MR) is 65.2 cm³/mol. The fourth-order valence-electron chi connectivity index (χ4n) is 1.16. The summed E-state index contributed by atoms with van der Waals surface area (Å²) in [7, 11) is 1.66. The zero-order valence-electron chi connectivity index (χ0n) is 10.5. The summed E-state index contributed by atoms with van der Waals surface area (Å²) in [6.07, 6.45) is 0.888. The van der Waals surface area contributed by atoms with E-state index in [9.17, 15) is 0 Å². The minimum Gasteiger partial charge on any atom is -0.383 e. The van der Waals surface area contributed by atoms with Gasteiger partial charge in [0.2, 0.25) is 5.96 Å². The first kappa shape index (κ1) is 15.2. The number of guanidine groups is 1. The number of nitrogens with two attached hydrogens (primary N) is 1. The van der Waals surface area contributed by atoms with Gasteiger partial charge in [0.1, 0.15) is 0 Å². The van der Waals surface area contributed by atoms with Gasteiger partial charge in [-0.1, -0.05) is 0 Å². The Hall–Kier alpha value is -0.850. The maximum absolute atomic E-state index is 5.34. The third kappa shape index (κ3) is 8.46. The predicted octanol–water partition coefficient (Wildman–Crippen LogP) is -0.143. The van der Waals surface area contributed by atoms with Crippen molar-refractivity contribution in [1.82, 2.24) is 10.7 Å². The van der Waals surface area contributed by atoms with Crippen LogP contribution in [0.15, 0.2) is 4.99 Å². The summed E-state index contributed by atoms with van der Waals surface area (Å²) in [5, 5.41) is 3.11. The standard InChI is InChI=1S/C10H24N4O2/c1-4-16-7-5-6-12-10(14-11)13-9(2)8-15-3/h9H,4-8,11H2,1-3H3,(H2,12,13,14). The molecule has 0 aromatic rings. The summed E-state index contributed by atoms with van der Waals surface area (Å²) in [6.45, 7) is 6.74. The number of ether oxygens (including phenoxy) is 2. The van der Waals surface area contributed by atoms with Gasteiger partial charge in [-0.15, -0.1) is 0 Å². The highest BCUT2D eigenvalue weighted by atomic mass is 16.5. The summed E-state index contributed by atoms with van der Waals surface area (Å²) in [5.74, 6) is 5.93. The van der Waals surface area contributed by atoms with Crippen LogP contribution in [-0.4, -0.2) is 45.5 Å². The molecule has 0 aromatic heterocycles. The summed E-state index contributed by atoms with van der Waals surface area (Å²) in [5.41, 5.74) is 2.52. The van der Waals surface area contributed by atoms with Crippen LogP contribution in [-0.2, 0) is 9.47 Å². The Bertz CT molecular complexity index is 188. The van der Waals surface area contributed by atoms with Crippen molar-refractivity contribution >= 4 is 5.96 Å². The highest BCUT2D eigenvalue weighted by Gasteiger charge is 2.02. The summed E-state index contributed by atoms with van der Waals surface area (Å²) >= 11 is 0. The Morgan fingerprint density at radius 1 is 1.50 bits per heavy atom. The maximum Gasteiger partial charge on any atom is 0.206 e. The van der Waals surface area contributed by atoms with Crippen LogP contribution in [0.5, 0.6) is 0 Å². The molecule has 6 nitrogen and oxygen atoms in total. The van der Waals surface area contributed by atoms with E-state index in [1.807, 2.05) is 13.8 Å². The average Bonchev–Trinajstić information content (AvgIpc) is 2.27. The molecule has 0 rings (SSSR count). The van der Waals surface area contributed by atoms with Crippen LogP contribution in [0, 0.1) is 0 Å². The normalized spacial score (nSPS) is 13.6. The molecule has 0 aliphatic rings. The van der Waals surface area contributed by atoms with Crippen molar-refractivity contribution in [3.05, 3.63) is 0 Å². The second-order valence-corrected chi connectivity index (χ2v) is 3.43. The third-order valence-electron chi connectivity index (χ3n) is 1.86. The molecule has 0 fully saturated rings. The van der Waals surface area contributed by atoms with E-state index in [1.54, 1.807) is 7.11 Å². The minimum atomic E-state index is 0.173. The Morgan fingerprint density at radius 3 is 2.81 bits per heavy atom. The van der Waals surface area contributed by atoms with E-state index in [2.05, 4.69) is 15.7 Å². The number of hydrogen-bond donors (Lipinski definition) is 3. The van der Waals surface area contributed by atoms with Crippen LogP contribution in [0.25, 0.3) is 0 Å². The lowest BCUT2D eigenvalue weighted by molar-refractivity contribution is 0.146. The molecule has 96 valence electrons. The fraction of sp³-hybridized carbons (Fsp3) is 0.900. The molecular formula is C10H24N4O2. The van der Waals surface area contributed by atoms with E-state index >= 15 is 0 Å². The molecule has 0 saturated carbocycles. The molecule has 0 amide bonds. The first-order valence-electron chi connectivity index (χ1n) is 5.58. The number of nitrogens with one attached hydrogen (secondary N) is 2. The molecular weight excluding hydrogens is 208 g/mol.